The minimum atomic E-state index is -2.91. The van der Waals surface area contributed by atoms with E-state index in [0.29, 0.717) is 18.4 Å². The number of fused-ring (bicyclic) bond motifs is 1. The summed E-state index contributed by atoms with van der Waals surface area (Å²) in [6.45, 7) is 2.42. The van der Waals surface area contributed by atoms with Crippen LogP contribution in [0.1, 0.15) is 39.0 Å². The zero-order chi connectivity index (χ0) is 17.5. The Kier molecular flexibility index (Phi) is 4.93. The van der Waals surface area contributed by atoms with Crippen molar-refractivity contribution < 1.29 is 23.5 Å². The van der Waals surface area contributed by atoms with Crippen LogP contribution in [0.4, 0.5) is 8.78 Å². The molecule has 3 aliphatic rings. The topological polar surface area (TPSA) is 69.6 Å². The number of carbonyl (C=O) groups is 2. The number of carboxylic acids is 1. The fraction of sp³-hybridized carbons (Fsp3) is 0.882. The van der Waals surface area contributed by atoms with Gasteiger partial charge in [0.05, 0.1) is 12.6 Å². The molecular formula is C17H26F2N2O3. The van der Waals surface area contributed by atoms with Crippen molar-refractivity contribution in [2.45, 2.75) is 57.0 Å². The number of rotatable bonds is 4. The first-order valence-corrected chi connectivity index (χ1v) is 8.83. The second kappa shape index (κ2) is 6.67. The van der Waals surface area contributed by atoms with Gasteiger partial charge in [0.15, 0.2) is 0 Å². The van der Waals surface area contributed by atoms with Crippen LogP contribution >= 0.6 is 0 Å². The van der Waals surface area contributed by atoms with Gasteiger partial charge in [-0.25, -0.2) is 8.78 Å². The number of hydrogen-bond donors (Lipinski definition) is 2. The van der Waals surface area contributed by atoms with Crippen LogP contribution in [-0.2, 0) is 9.59 Å². The van der Waals surface area contributed by atoms with E-state index in [1.54, 1.807) is 6.92 Å². The molecule has 0 aromatic rings. The Hall–Kier alpha value is -1.08. The summed E-state index contributed by atoms with van der Waals surface area (Å²) in [6.07, 6.45) is 3.11. The smallest absolute Gasteiger partial charge is 0.321 e. The van der Waals surface area contributed by atoms with Crippen LogP contribution in [0, 0.1) is 17.8 Å². The van der Waals surface area contributed by atoms with Gasteiger partial charge >= 0.3 is 5.97 Å². The third-order valence-electron chi connectivity index (χ3n) is 6.05. The quantitative estimate of drug-likeness (QED) is 0.813. The molecule has 5 atom stereocenters. The van der Waals surface area contributed by atoms with Crippen LogP contribution < -0.4 is 5.32 Å². The van der Waals surface area contributed by atoms with Gasteiger partial charge in [0, 0.05) is 13.0 Å². The van der Waals surface area contributed by atoms with Crippen LogP contribution in [0.25, 0.3) is 0 Å². The lowest BCUT2D eigenvalue weighted by molar-refractivity contribution is -0.142. The van der Waals surface area contributed by atoms with E-state index in [0.717, 1.165) is 32.2 Å². The summed E-state index contributed by atoms with van der Waals surface area (Å²) >= 11 is 0. The summed E-state index contributed by atoms with van der Waals surface area (Å²) in [6, 6.07) is -1.16. The highest BCUT2D eigenvalue weighted by Gasteiger charge is 2.49. The van der Waals surface area contributed by atoms with Crippen LogP contribution in [0.15, 0.2) is 0 Å². The van der Waals surface area contributed by atoms with E-state index < -0.39 is 30.9 Å². The van der Waals surface area contributed by atoms with Gasteiger partial charge in [0.25, 0.3) is 5.92 Å². The third-order valence-corrected chi connectivity index (χ3v) is 6.05. The lowest BCUT2D eigenvalue weighted by Gasteiger charge is -2.43. The van der Waals surface area contributed by atoms with Gasteiger partial charge in [-0.15, -0.1) is 0 Å². The molecule has 2 N–H and O–H groups in total. The Balaban J connectivity index is 1.60. The predicted octanol–water partition coefficient (Wildman–Crippen LogP) is 1.76. The number of nitrogens with one attached hydrogen (secondary N) is 1. The normalized spacial score (nSPS) is 39.4. The van der Waals surface area contributed by atoms with E-state index in [1.165, 1.54) is 4.90 Å². The summed E-state index contributed by atoms with van der Waals surface area (Å²) in [4.78, 5) is 24.3. The van der Waals surface area contributed by atoms with Crippen molar-refractivity contribution in [2.24, 2.45) is 17.8 Å². The zero-order valence-corrected chi connectivity index (χ0v) is 14.0. The van der Waals surface area contributed by atoms with Crippen molar-refractivity contribution in [3.63, 3.8) is 0 Å². The van der Waals surface area contributed by atoms with Gasteiger partial charge in [-0.2, -0.15) is 0 Å². The van der Waals surface area contributed by atoms with E-state index in [9.17, 15) is 23.5 Å². The molecule has 0 aromatic carbocycles. The van der Waals surface area contributed by atoms with E-state index in [2.05, 4.69) is 5.32 Å². The molecule has 0 amide bonds. The maximum Gasteiger partial charge on any atom is 0.321 e. The lowest BCUT2D eigenvalue weighted by atomic mass is 9.69. The summed E-state index contributed by atoms with van der Waals surface area (Å²) in [7, 11) is 0. The number of carbonyl (C=O) groups excluding carboxylic acids is 1. The van der Waals surface area contributed by atoms with Crippen LogP contribution in [-0.4, -0.2) is 59.4 Å². The molecule has 0 unspecified atom stereocenters. The molecule has 1 saturated carbocycles. The molecular weight excluding hydrogens is 318 g/mol. The molecule has 5 nitrogen and oxygen atoms in total. The Morgan fingerprint density at radius 1 is 1.25 bits per heavy atom. The Labute approximate surface area is 140 Å². The number of nitrogens with zero attached hydrogens (tertiary/aromatic N) is 1. The number of ketones is 1. The van der Waals surface area contributed by atoms with Crippen molar-refractivity contribution in [1.82, 2.24) is 10.2 Å². The molecule has 2 aliphatic heterocycles. The predicted molar refractivity (Wildman–Crippen MR) is 84.0 cm³/mol. The molecule has 0 spiro atoms. The van der Waals surface area contributed by atoms with Gasteiger partial charge in [0.2, 0.25) is 0 Å². The molecule has 2 saturated heterocycles. The van der Waals surface area contributed by atoms with Crippen molar-refractivity contribution in [2.75, 3.05) is 19.6 Å². The summed E-state index contributed by atoms with van der Waals surface area (Å²) in [5, 5.41) is 12.5. The fourth-order valence-corrected chi connectivity index (χ4v) is 4.79. The highest BCUT2D eigenvalue weighted by Crippen LogP contribution is 2.40. The SMILES string of the molecule is CC(=O)[C@@H]1C[C@H]2C[C@@H](CN3CC(F)(F)C[C@@H]3C(=O)O)CC[C@H]2CN1. The minimum Gasteiger partial charge on any atom is -0.480 e. The Morgan fingerprint density at radius 2 is 2.00 bits per heavy atom. The average molecular weight is 344 g/mol. The van der Waals surface area contributed by atoms with Crippen LogP contribution in [0.3, 0.4) is 0 Å². The maximum atomic E-state index is 13.6. The van der Waals surface area contributed by atoms with Gasteiger partial charge in [0.1, 0.15) is 11.8 Å². The molecule has 0 aromatic heterocycles. The van der Waals surface area contributed by atoms with Gasteiger partial charge in [-0.05, 0) is 56.9 Å². The second-order valence-electron chi connectivity index (χ2n) is 7.85. The monoisotopic (exact) mass is 344 g/mol. The molecule has 2 heterocycles. The number of alkyl halides is 2. The van der Waals surface area contributed by atoms with Crippen LogP contribution in [0.5, 0.6) is 0 Å². The largest absolute Gasteiger partial charge is 0.480 e. The van der Waals surface area contributed by atoms with Gasteiger partial charge in [-0.1, -0.05) is 0 Å². The van der Waals surface area contributed by atoms with E-state index >= 15 is 0 Å². The first-order chi connectivity index (χ1) is 11.2. The van der Waals surface area contributed by atoms with E-state index in [-0.39, 0.29) is 17.7 Å². The maximum absolute atomic E-state index is 13.6. The number of piperidine rings is 1. The number of likely N-dealkylation sites (tertiary alicyclic amines) is 1. The fourth-order valence-electron chi connectivity index (χ4n) is 4.79. The Morgan fingerprint density at radius 3 is 2.67 bits per heavy atom. The lowest BCUT2D eigenvalue weighted by Crippen LogP contribution is -2.50. The van der Waals surface area contributed by atoms with Crippen molar-refractivity contribution in [3.8, 4) is 0 Å². The first-order valence-electron chi connectivity index (χ1n) is 8.83. The zero-order valence-electron chi connectivity index (χ0n) is 14.0. The second-order valence-corrected chi connectivity index (χ2v) is 7.85. The number of Topliss-reactive ketones (excluding diaryl/α,β-unsaturated/α-hetero) is 1. The molecule has 0 bridgehead atoms. The first kappa shape index (κ1) is 17.7. The minimum absolute atomic E-state index is 0.0899. The summed E-state index contributed by atoms with van der Waals surface area (Å²) < 4.78 is 27.2. The molecule has 1 aliphatic carbocycles. The molecule has 3 rings (SSSR count). The Bertz CT molecular complexity index is 514. The molecule has 136 valence electrons. The van der Waals surface area contributed by atoms with E-state index in [1.807, 2.05) is 0 Å². The average Bonchev–Trinajstić information content (AvgIpc) is 2.81. The molecule has 3 fully saturated rings. The summed E-state index contributed by atoms with van der Waals surface area (Å²) in [5.74, 6) is -2.68. The molecule has 24 heavy (non-hydrogen) atoms. The number of halogens is 2. The van der Waals surface area contributed by atoms with Crippen molar-refractivity contribution in [1.29, 1.82) is 0 Å². The third kappa shape index (κ3) is 3.77. The van der Waals surface area contributed by atoms with Gasteiger partial charge in [-0.3, -0.25) is 14.5 Å². The standard InChI is InChI=1S/C17H26F2N2O3/c1-10(22)14-5-13-4-11(2-3-12(13)7-20-14)8-21-9-17(18,19)6-15(21)16(23)24/h11-15,20H,2-9H2,1H3,(H,23,24)/t11-,12-,13+,14-,15+/m0/s1. The highest BCUT2D eigenvalue weighted by molar-refractivity contribution is 5.81. The van der Waals surface area contributed by atoms with Crippen molar-refractivity contribution >= 4 is 11.8 Å². The van der Waals surface area contributed by atoms with E-state index in [4.69, 9.17) is 0 Å². The summed E-state index contributed by atoms with van der Waals surface area (Å²) in [5.41, 5.74) is 0. The van der Waals surface area contributed by atoms with Gasteiger partial charge < -0.3 is 10.4 Å². The highest BCUT2D eigenvalue weighted by atomic mass is 19.3. The number of hydrogen-bond acceptors (Lipinski definition) is 4. The molecule has 0 radical (unpaired) electrons. The van der Waals surface area contributed by atoms with Crippen LogP contribution in [0.2, 0.25) is 0 Å². The molecule has 7 heteroatoms. The van der Waals surface area contributed by atoms with Crippen molar-refractivity contribution in [3.05, 3.63) is 0 Å². The number of carboxylic acid groups (broad SMARTS) is 1. The number of aliphatic carboxylic acids is 1.